The van der Waals surface area contributed by atoms with E-state index in [1.54, 1.807) is 12.1 Å². The lowest BCUT2D eigenvalue weighted by Gasteiger charge is -2.28. The molecule has 23 heavy (non-hydrogen) atoms. The summed E-state index contributed by atoms with van der Waals surface area (Å²) in [5, 5.41) is 11.6. The first-order valence-electron chi connectivity index (χ1n) is 7.71. The van der Waals surface area contributed by atoms with Crippen LogP contribution in [0.1, 0.15) is 23.8 Å². The lowest BCUT2D eigenvalue weighted by Crippen LogP contribution is -2.47. The van der Waals surface area contributed by atoms with E-state index < -0.39 is 5.38 Å². The van der Waals surface area contributed by atoms with Gasteiger partial charge in [-0.1, -0.05) is 30.4 Å². The molecular formula is C17H19ClN2O3. The largest absolute Gasteiger partial charge is 0.396 e. The van der Waals surface area contributed by atoms with Crippen LogP contribution in [0.25, 0.3) is 0 Å². The Balaban J connectivity index is 1.69. The van der Waals surface area contributed by atoms with E-state index in [-0.39, 0.29) is 36.9 Å². The zero-order valence-corrected chi connectivity index (χ0v) is 13.4. The molecule has 2 N–H and O–H groups in total. The average Bonchev–Trinajstić information content (AvgIpc) is 2.81. The first-order chi connectivity index (χ1) is 11.1. The minimum atomic E-state index is -0.734. The van der Waals surface area contributed by atoms with Crippen molar-refractivity contribution in [3.63, 3.8) is 0 Å². The predicted molar refractivity (Wildman–Crippen MR) is 88.3 cm³/mol. The van der Waals surface area contributed by atoms with E-state index in [4.69, 9.17) is 11.6 Å². The number of nitrogens with one attached hydrogen (secondary N) is 1. The highest BCUT2D eigenvalue weighted by Crippen LogP contribution is 2.39. The fourth-order valence-electron chi connectivity index (χ4n) is 3.14. The topological polar surface area (TPSA) is 69.6 Å². The molecule has 1 aromatic carbocycles. The molecule has 0 spiro atoms. The van der Waals surface area contributed by atoms with Crippen LogP contribution < -0.4 is 10.2 Å². The molecule has 3 atom stereocenters. The van der Waals surface area contributed by atoms with E-state index in [0.717, 1.165) is 12.0 Å². The Bertz CT molecular complexity index is 646. The number of para-hydroxylation sites is 1. The van der Waals surface area contributed by atoms with Gasteiger partial charge in [-0.05, 0) is 18.9 Å². The molecule has 5 nitrogen and oxygen atoms in total. The first-order valence-corrected chi connectivity index (χ1v) is 8.15. The van der Waals surface area contributed by atoms with E-state index in [1.165, 1.54) is 4.90 Å². The summed E-state index contributed by atoms with van der Waals surface area (Å²) in [5.41, 5.74) is 1.43. The Morgan fingerprint density at radius 2 is 2.04 bits per heavy atom. The maximum atomic E-state index is 12.3. The quantitative estimate of drug-likeness (QED) is 0.651. The molecule has 1 aliphatic heterocycles. The van der Waals surface area contributed by atoms with Crippen LogP contribution in [0.5, 0.6) is 0 Å². The smallest absolute Gasteiger partial charge is 0.250 e. The van der Waals surface area contributed by atoms with Gasteiger partial charge in [0.1, 0.15) is 11.9 Å². The summed E-state index contributed by atoms with van der Waals surface area (Å²) in [5.74, 6) is -0.491. The van der Waals surface area contributed by atoms with E-state index >= 15 is 0 Å². The van der Waals surface area contributed by atoms with Crippen LogP contribution in [-0.2, 0) is 9.59 Å². The molecule has 122 valence electrons. The van der Waals surface area contributed by atoms with Gasteiger partial charge in [0, 0.05) is 29.8 Å². The maximum absolute atomic E-state index is 12.3. The Kier molecular flexibility index (Phi) is 4.68. The summed E-state index contributed by atoms with van der Waals surface area (Å²) < 4.78 is 0. The van der Waals surface area contributed by atoms with Gasteiger partial charge >= 0.3 is 0 Å². The number of fused-ring (bicyclic) bond motifs is 1. The monoisotopic (exact) mass is 334 g/mol. The Morgan fingerprint density at radius 1 is 1.30 bits per heavy atom. The van der Waals surface area contributed by atoms with Crippen molar-refractivity contribution < 1.29 is 14.7 Å². The van der Waals surface area contributed by atoms with E-state index in [9.17, 15) is 14.7 Å². The van der Waals surface area contributed by atoms with Crippen molar-refractivity contribution in [2.75, 3.05) is 18.1 Å². The van der Waals surface area contributed by atoms with Crippen molar-refractivity contribution in [2.24, 2.45) is 5.92 Å². The van der Waals surface area contributed by atoms with Gasteiger partial charge in [-0.3, -0.25) is 9.59 Å². The van der Waals surface area contributed by atoms with Crippen LogP contribution in [-0.4, -0.2) is 36.1 Å². The first kappa shape index (κ1) is 16.0. The van der Waals surface area contributed by atoms with Crippen molar-refractivity contribution in [3.8, 4) is 0 Å². The van der Waals surface area contributed by atoms with Gasteiger partial charge in [-0.15, -0.1) is 11.6 Å². The second kappa shape index (κ2) is 6.72. The third-order valence-electron chi connectivity index (χ3n) is 4.43. The number of aliphatic hydroxyl groups is 1. The molecule has 0 aromatic heterocycles. The molecule has 1 aliphatic carbocycles. The lowest BCUT2D eigenvalue weighted by atomic mass is 9.89. The van der Waals surface area contributed by atoms with E-state index in [2.05, 4.69) is 5.32 Å². The molecular weight excluding hydrogens is 316 g/mol. The normalized spacial score (nSPS) is 26.3. The number of nitrogens with zero attached hydrogens (tertiary/aromatic N) is 1. The summed E-state index contributed by atoms with van der Waals surface area (Å²) in [6.07, 6.45) is 5.46. The number of aliphatic hydroxyl groups excluding tert-OH is 1. The third-order valence-corrected chi connectivity index (χ3v) is 4.85. The van der Waals surface area contributed by atoms with Crippen LogP contribution in [0.2, 0.25) is 0 Å². The number of carbonyl (C=O) groups is 2. The summed E-state index contributed by atoms with van der Waals surface area (Å²) in [6.45, 7) is -0.0258. The molecule has 0 saturated carbocycles. The minimum Gasteiger partial charge on any atom is -0.396 e. The number of hydrogen-bond donors (Lipinski definition) is 2. The average molecular weight is 335 g/mol. The molecule has 0 saturated heterocycles. The molecule has 2 amide bonds. The van der Waals surface area contributed by atoms with Crippen molar-refractivity contribution in [3.05, 3.63) is 42.0 Å². The van der Waals surface area contributed by atoms with Gasteiger partial charge in [0.25, 0.3) is 0 Å². The SMILES string of the molecule is O=C(CN1C(=O)C(Cl)c2ccccc21)NC1CC=CCC1CO. The molecule has 0 bridgehead atoms. The zero-order chi connectivity index (χ0) is 16.4. The van der Waals surface area contributed by atoms with Crippen molar-refractivity contribution in [2.45, 2.75) is 24.3 Å². The van der Waals surface area contributed by atoms with E-state index in [1.807, 2.05) is 24.3 Å². The number of rotatable bonds is 4. The second-order valence-electron chi connectivity index (χ2n) is 5.91. The van der Waals surface area contributed by atoms with Crippen LogP contribution in [0, 0.1) is 5.92 Å². The summed E-state index contributed by atoms with van der Waals surface area (Å²) >= 11 is 6.14. The second-order valence-corrected chi connectivity index (χ2v) is 6.34. The minimum absolute atomic E-state index is 0.0197. The summed E-state index contributed by atoms with van der Waals surface area (Å²) in [7, 11) is 0. The Hall–Kier alpha value is -1.85. The molecule has 2 aliphatic rings. The van der Waals surface area contributed by atoms with Gasteiger partial charge in [0.05, 0.1) is 0 Å². The number of anilines is 1. The highest BCUT2D eigenvalue weighted by Gasteiger charge is 2.37. The number of amides is 2. The molecule has 6 heteroatoms. The standard InChI is InChI=1S/C17H19ClN2O3/c18-16-12-6-2-4-8-14(12)20(17(16)23)9-15(22)19-13-7-3-1-5-11(13)10-21/h1-4,6,8,11,13,16,21H,5,7,9-10H2,(H,19,22). The van der Waals surface area contributed by atoms with Crippen LogP contribution >= 0.6 is 11.6 Å². The molecule has 0 fully saturated rings. The lowest BCUT2D eigenvalue weighted by molar-refractivity contribution is -0.124. The zero-order valence-electron chi connectivity index (χ0n) is 12.6. The summed E-state index contributed by atoms with van der Waals surface area (Å²) in [6, 6.07) is 7.14. The highest BCUT2D eigenvalue weighted by atomic mass is 35.5. The number of hydrogen-bond acceptors (Lipinski definition) is 3. The van der Waals surface area contributed by atoms with Crippen molar-refractivity contribution in [1.29, 1.82) is 0 Å². The summed E-state index contributed by atoms with van der Waals surface area (Å²) in [4.78, 5) is 26.0. The molecule has 1 aromatic rings. The van der Waals surface area contributed by atoms with Crippen LogP contribution in [0.4, 0.5) is 5.69 Å². The Labute approximate surface area is 139 Å². The van der Waals surface area contributed by atoms with Crippen LogP contribution in [0.15, 0.2) is 36.4 Å². The number of allylic oxidation sites excluding steroid dienone is 1. The van der Waals surface area contributed by atoms with Gasteiger partial charge in [0.2, 0.25) is 11.8 Å². The van der Waals surface area contributed by atoms with Gasteiger partial charge in [-0.25, -0.2) is 0 Å². The fourth-order valence-corrected chi connectivity index (χ4v) is 3.45. The predicted octanol–water partition coefficient (Wildman–Crippen LogP) is 1.76. The number of benzene rings is 1. The third kappa shape index (κ3) is 3.12. The molecule has 3 unspecified atom stereocenters. The number of halogens is 1. The Morgan fingerprint density at radius 3 is 2.83 bits per heavy atom. The molecule has 1 heterocycles. The number of carbonyl (C=O) groups excluding carboxylic acids is 2. The fraction of sp³-hybridized carbons (Fsp3) is 0.412. The van der Waals surface area contributed by atoms with Gasteiger partial charge < -0.3 is 15.3 Å². The van der Waals surface area contributed by atoms with Gasteiger partial charge in [0.15, 0.2) is 0 Å². The van der Waals surface area contributed by atoms with Gasteiger partial charge in [-0.2, -0.15) is 0 Å². The van der Waals surface area contributed by atoms with E-state index in [0.29, 0.717) is 12.1 Å². The van der Waals surface area contributed by atoms with Crippen LogP contribution in [0.3, 0.4) is 0 Å². The maximum Gasteiger partial charge on any atom is 0.250 e. The highest BCUT2D eigenvalue weighted by molar-refractivity contribution is 6.35. The van der Waals surface area contributed by atoms with Crippen molar-refractivity contribution in [1.82, 2.24) is 5.32 Å². The van der Waals surface area contributed by atoms with Crippen molar-refractivity contribution >= 4 is 29.1 Å². The number of alkyl halides is 1. The molecule has 3 rings (SSSR count). The molecule has 0 radical (unpaired) electrons.